The first-order valence-electron chi connectivity index (χ1n) is 10.2. The van der Waals surface area contributed by atoms with E-state index >= 15 is 0 Å². The number of esters is 1. The second kappa shape index (κ2) is 11.8. The van der Waals surface area contributed by atoms with Crippen LogP contribution in [0, 0.1) is 14.9 Å². The van der Waals surface area contributed by atoms with Crippen LogP contribution in [-0.4, -0.2) is 18.5 Å². The third kappa shape index (κ3) is 7.19. The molecule has 0 saturated carbocycles. The molecule has 0 aliphatic carbocycles. The zero-order chi connectivity index (χ0) is 23.6. The number of halogens is 1. The van der Waals surface area contributed by atoms with Crippen LogP contribution in [0.2, 0.25) is 0 Å². The summed E-state index contributed by atoms with van der Waals surface area (Å²) in [6.07, 6.45) is 1.51. The number of amides is 1. The number of carbonyl (C=O) groups excluding carboxylic acids is 2. The molecule has 3 rings (SSSR count). The van der Waals surface area contributed by atoms with Crippen LogP contribution in [0.1, 0.15) is 28.4 Å². The molecule has 0 aliphatic rings. The third-order valence-electron chi connectivity index (χ3n) is 4.53. The minimum Gasteiger partial charge on any atom is -0.489 e. The molecule has 1 amide bonds. The SMILES string of the molecule is CCOC(=O)c1ccc(NC(=O)/C(C#N)=C/c2ccc(OCc3ccc(I)cc3)cc2)cc1. The Morgan fingerprint density at radius 3 is 2.27 bits per heavy atom. The Labute approximate surface area is 206 Å². The van der Waals surface area contributed by atoms with Crippen LogP contribution < -0.4 is 10.1 Å². The molecule has 6 nitrogen and oxygen atoms in total. The Kier molecular flexibility index (Phi) is 8.61. The van der Waals surface area contributed by atoms with E-state index in [2.05, 4.69) is 27.9 Å². The van der Waals surface area contributed by atoms with Crippen molar-refractivity contribution in [3.05, 3.63) is 98.6 Å². The zero-order valence-electron chi connectivity index (χ0n) is 17.9. The number of anilines is 1. The average Bonchev–Trinajstić information content (AvgIpc) is 2.83. The van der Waals surface area contributed by atoms with E-state index in [0.717, 1.165) is 5.56 Å². The molecule has 0 radical (unpaired) electrons. The molecule has 0 spiro atoms. The average molecular weight is 552 g/mol. The van der Waals surface area contributed by atoms with Gasteiger partial charge in [0, 0.05) is 9.26 Å². The van der Waals surface area contributed by atoms with Crippen LogP contribution in [0.4, 0.5) is 5.69 Å². The van der Waals surface area contributed by atoms with E-state index in [1.165, 1.54) is 9.65 Å². The van der Waals surface area contributed by atoms with E-state index < -0.39 is 11.9 Å². The summed E-state index contributed by atoms with van der Waals surface area (Å²) in [5.74, 6) is -0.283. The monoisotopic (exact) mass is 552 g/mol. The normalized spacial score (nSPS) is 10.8. The second-order valence-corrected chi connectivity index (χ2v) is 8.15. The molecule has 0 bridgehead atoms. The van der Waals surface area contributed by atoms with Crippen LogP contribution in [-0.2, 0) is 16.1 Å². The van der Waals surface area contributed by atoms with E-state index in [0.29, 0.717) is 29.2 Å². The van der Waals surface area contributed by atoms with Crippen LogP contribution in [0.25, 0.3) is 6.08 Å². The molecule has 3 aromatic carbocycles. The van der Waals surface area contributed by atoms with Gasteiger partial charge in [-0.15, -0.1) is 0 Å². The predicted molar refractivity (Wildman–Crippen MR) is 135 cm³/mol. The van der Waals surface area contributed by atoms with Crippen molar-refractivity contribution in [1.29, 1.82) is 5.26 Å². The molecule has 0 saturated heterocycles. The Bertz CT molecular complexity index is 1180. The summed E-state index contributed by atoms with van der Waals surface area (Å²) in [4.78, 5) is 24.2. The van der Waals surface area contributed by atoms with Gasteiger partial charge >= 0.3 is 5.97 Å². The second-order valence-electron chi connectivity index (χ2n) is 6.91. The summed E-state index contributed by atoms with van der Waals surface area (Å²) in [7, 11) is 0. The fraction of sp³-hybridized carbons (Fsp3) is 0.115. The molecule has 0 heterocycles. The van der Waals surface area contributed by atoms with Gasteiger partial charge < -0.3 is 14.8 Å². The molecule has 33 heavy (non-hydrogen) atoms. The first-order valence-corrected chi connectivity index (χ1v) is 11.2. The van der Waals surface area contributed by atoms with E-state index in [-0.39, 0.29) is 12.2 Å². The number of hydrogen-bond acceptors (Lipinski definition) is 5. The van der Waals surface area contributed by atoms with Gasteiger partial charge in [0.25, 0.3) is 5.91 Å². The van der Waals surface area contributed by atoms with Crippen molar-refractivity contribution >= 4 is 46.2 Å². The van der Waals surface area contributed by atoms with Gasteiger partial charge in [0.05, 0.1) is 12.2 Å². The van der Waals surface area contributed by atoms with Crippen molar-refractivity contribution in [3.8, 4) is 11.8 Å². The molecule has 0 aromatic heterocycles. The zero-order valence-corrected chi connectivity index (χ0v) is 20.0. The highest BCUT2D eigenvalue weighted by molar-refractivity contribution is 14.1. The van der Waals surface area contributed by atoms with Gasteiger partial charge in [-0.25, -0.2) is 4.79 Å². The number of nitrogens with zero attached hydrogens (tertiary/aromatic N) is 1. The third-order valence-corrected chi connectivity index (χ3v) is 5.25. The lowest BCUT2D eigenvalue weighted by Gasteiger charge is -2.07. The summed E-state index contributed by atoms with van der Waals surface area (Å²) in [5.41, 5.74) is 2.57. The van der Waals surface area contributed by atoms with Gasteiger partial charge in [-0.1, -0.05) is 24.3 Å². The molecule has 1 N–H and O–H groups in total. The summed E-state index contributed by atoms with van der Waals surface area (Å²) in [6.45, 7) is 2.47. The van der Waals surface area contributed by atoms with Crippen molar-refractivity contribution < 1.29 is 19.1 Å². The number of hydrogen-bond donors (Lipinski definition) is 1. The van der Waals surface area contributed by atoms with Gasteiger partial charge in [-0.05, 0) is 95.2 Å². The molecule has 0 fully saturated rings. The minimum absolute atomic E-state index is 0.0444. The van der Waals surface area contributed by atoms with E-state index in [1.807, 2.05) is 30.3 Å². The molecular weight excluding hydrogens is 531 g/mol. The van der Waals surface area contributed by atoms with Gasteiger partial charge in [-0.2, -0.15) is 5.26 Å². The maximum Gasteiger partial charge on any atom is 0.338 e. The predicted octanol–water partition coefficient (Wildman–Crippen LogP) is 5.59. The molecule has 7 heteroatoms. The van der Waals surface area contributed by atoms with E-state index in [9.17, 15) is 14.9 Å². The maximum atomic E-state index is 12.5. The lowest BCUT2D eigenvalue weighted by Crippen LogP contribution is -2.13. The van der Waals surface area contributed by atoms with Gasteiger partial charge in [0.15, 0.2) is 0 Å². The fourth-order valence-corrected chi connectivity index (χ4v) is 3.18. The molecule has 3 aromatic rings. The molecular formula is C26H21IN2O4. The number of carbonyl (C=O) groups is 2. The molecule has 0 unspecified atom stereocenters. The quantitative estimate of drug-likeness (QED) is 0.170. The number of ether oxygens (including phenoxy) is 2. The highest BCUT2D eigenvalue weighted by Gasteiger charge is 2.11. The molecule has 166 valence electrons. The highest BCUT2D eigenvalue weighted by atomic mass is 127. The van der Waals surface area contributed by atoms with E-state index in [4.69, 9.17) is 9.47 Å². The first kappa shape index (κ1) is 24.0. The fourth-order valence-electron chi connectivity index (χ4n) is 2.83. The number of rotatable bonds is 8. The number of nitrogens with one attached hydrogen (secondary N) is 1. The molecule has 0 atom stereocenters. The Hall–Kier alpha value is -3.64. The summed E-state index contributed by atoms with van der Waals surface area (Å²) < 4.78 is 11.9. The van der Waals surface area contributed by atoms with Crippen LogP contribution >= 0.6 is 22.6 Å². The Morgan fingerprint density at radius 1 is 1.00 bits per heavy atom. The van der Waals surface area contributed by atoms with Crippen molar-refractivity contribution in [3.63, 3.8) is 0 Å². The summed E-state index contributed by atoms with van der Waals surface area (Å²) >= 11 is 2.25. The van der Waals surface area contributed by atoms with Gasteiger partial charge in [0.2, 0.25) is 0 Å². The van der Waals surface area contributed by atoms with Gasteiger partial charge in [0.1, 0.15) is 24.0 Å². The largest absolute Gasteiger partial charge is 0.489 e. The Balaban J connectivity index is 1.61. The Morgan fingerprint density at radius 2 is 1.67 bits per heavy atom. The van der Waals surface area contributed by atoms with Gasteiger partial charge in [-0.3, -0.25) is 4.79 Å². The number of nitriles is 1. The lowest BCUT2D eigenvalue weighted by atomic mass is 10.1. The van der Waals surface area contributed by atoms with Crippen molar-refractivity contribution in [2.24, 2.45) is 0 Å². The van der Waals surface area contributed by atoms with Crippen molar-refractivity contribution in [2.75, 3.05) is 11.9 Å². The summed E-state index contributed by atoms with van der Waals surface area (Å²) in [6, 6.07) is 23.4. The minimum atomic E-state index is -0.541. The maximum absolute atomic E-state index is 12.5. The topological polar surface area (TPSA) is 88.4 Å². The number of benzene rings is 3. The summed E-state index contributed by atoms with van der Waals surface area (Å²) in [5, 5.41) is 12.1. The molecule has 0 aliphatic heterocycles. The lowest BCUT2D eigenvalue weighted by molar-refractivity contribution is -0.112. The smallest absolute Gasteiger partial charge is 0.338 e. The van der Waals surface area contributed by atoms with Crippen molar-refractivity contribution in [2.45, 2.75) is 13.5 Å². The van der Waals surface area contributed by atoms with Crippen LogP contribution in [0.5, 0.6) is 5.75 Å². The van der Waals surface area contributed by atoms with Crippen molar-refractivity contribution in [1.82, 2.24) is 0 Å². The standard InChI is InChI=1S/C26H21IN2O4/c1-2-32-26(31)20-7-11-23(12-8-20)29-25(30)21(16-28)15-18-5-13-24(14-6-18)33-17-19-3-9-22(27)10-4-19/h3-15H,2,17H2,1H3,(H,29,30)/b21-15+. The first-order chi connectivity index (χ1) is 16.0. The van der Waals surface area contributed by atoms with Crippen LogP contribution in [0.15, 0.2) is 78.4 Å². The van der Waals surface area contributed by atoms with Crippen LogP contribution in [0.3, 0.4) is 0 Å². The highest BCUT2D eigenvalue weighted by Crippen LogP contribution is 2.18. The van der Waals surface area contributed by atoms with E-state index in [1.54, 1.807) is 55.5 Å².